The number of rotatable bonds is 8. The maximum absolute atomic E-state index is 13.2. The molecule has 7 rings (SSSR count). The lowest BCUT2D eigenvalue weighted by Gasteiger charge is -2.42. The fourth-order valence-corrected chi connectivity index (χ4v) is 9.75. The van der Waals surface area contributed by atoms with Crippen molar-refractivity contribution >= 4 is 23.6 Å². The molecule has 1 aromatic rings. The van der Waals surface area contributed by atoms with Gasteiger partial charge in [0, 0.05) is 10.8 Å². The first-order chi connectivity index (χ1) is 18.3. The molecule has 6 aliphatic rings. The van der Waals surface area contributed by atoms with Gasteiger partial charge in [-0.1, -0.05) is 60.7 Å². The summed E-state index contributed by atoms with van der Waals surface area (Å²) in [5.41, 5.74) is -0.138. The summed E-state index contributed by atoms with van der Waals surface area (Å²) >= 11 is 0. The van der Waals surface area contributed by atoms with Crippen LogP contribution in [-0.4, -0.2) is 23.6 Å². The second-order valence-electron chi connectivity index (χ2n) is 12.5. The predicted molar refractivity (Wildman–Crippen MR) is 141 cm³/mol. The fraction of sp³-hybridized carbons (Fsp3) is 0.438. The molecule has 4 bridgehead atoms. The van der Waals surface area contributed by atoms with Gasteiger partial charge in [-0.15, -0.1) is 13.2 Å². The van der Waals surface area contributed by atoms with Crippen LogP contribution in [0.3, 0.4) is 0 Å². The minimum Gasteiger partial charge on any atom is -0.296 e. The summed E-state index contributed by atoms with van der Waals surface area (Å²) in [6, 6.07) is 8.48. The van der Waals surface area contributed by atoms with E-state index in [0.717, 1.165) is 24.0 Å². The summed E-state index contributed by atoms with van der Waals surface area (Å²) in [5, 5.41) is 5.25. The number of amides is 4. The molecule has 4 aliphatic carbocycles. The van der Waals surface area contributed by atoms with E-state index < -0.39 is 21.7 Å². The summed E-state index contributed by atoms with van der Waals surface area (Å²) in [5.74, 6) is -1.11. The van der Waals surface area contributed by atoms with Gasteiger partial charge in [-0.25, -0.2) is 0 Å². The largest absolute Gasteiger partial charge is 0.296 e. The van der Waals surface area contributed by atoms with Crippen LogP contribution in [0.5, 0.6) is 0 Å². The number of hydrogen-bond donors (Lipinski definition) is 2. The first-order valence-electron chi connectivity index (χ1n) is 13.6. The van der Waals surface area contributed by atoms with Crippen LogP contribution in [0.15, 0.2) is 73.9 Å². The van der Waals surface area contributed by atoms with Crippen molar-refractivity contribution in [3.63, 3.8) is 0 Å². The maximum atomic E-state index is 13.2. The molecular weight excluding hydrogens is 476 g/mol. The van der Waals surface area contributed by atoms with Crippen LogP contribution >= 0.6 is 0 Å². The number of carbonyl (C=O) groups excluding carboxylic acids is 4. The zero-order valence-corrected chi connectivity index (χ0v) is 21.4. The molecule has 0 radical (unpaired) electrons. The van der Waals surface area contributed by atoms with Crippen molar-refractivity contribution in [3.05, 3.63) is 85.0 Å². The minimum absolute atomic E-state index is 0.0819. The normalized spacial score (nSPS) is 42.9. The van der Waals surface area contributed by atoms with Gasteiger partial charge in [0.2, 0.25) is 23.6 Å². The van der Waals surface area contributed by atoms with Gasteiger partial charge in [-0.05, 0) is 61.5 Å². The summed E-state index contributed by atoms with van der Waals surface area (Å²) in [6.45, 7) is 7.83. The lowest BCUT2D eigenvalue weighted by molar-refractivity contribution is -0.134. The highest BCUT2D eigenvalue weighted by molar-refractivity contribution is 6.10. The second kappa shape index (κ2) is 7.52. The van der Waals surface area contributed by atoms with Gasteiger partial charge >= 0.3 is 0 Å². The molecular formula is C32H32N2O4. The smallest absolute Gasteiger partial charge is 0.234 e. The van der Waals surface area contributed by atoms with Crippen molar-refractivity contribution in [1.82, 2.24) is 10.6 Å². The van der Waals surface area contributed by atoms with E-state index in [1.807, 2.05) is 0 Å². The van der Waals surface area contributed by atoms with Crippen molar-refractivity contribution in [1.29, 1.82) is 0 Å². The Balaban J connectivity index is 1.18. The molecule has 8 atom stereocenters. The molecule has 1 aromatic carbocycles. The average molecular weight is 509 g/mol. The van der Waals surface area contributed by atoms with Crippen LogP contribution in [0.4, 0.5) is 0 Å². The third kappa shape index (κ3) is 2.54. The standard InChI is InChI=1S/C32H32N2O4/c1-3-11-31-23(25(35)33-27(31)37)21-9-13-29(31,17-21)15-19-5-7-20(8-6-19)16-30-14-10-22(18-30)24-26(36)34-28(38)32(24,30)12-4-2/h3-10,13-14,21-24H,1-2,11-12,15-18H2,(H,33,35,37)(H,34,36,38). The van der Waals surface area contributed by atoms with Gasteiger partial charge < -0.3 is 0 Å². The Bertz CT molecular complexity index is 1290. The van der Waals surface area contributed by atoms with Crippen molar-refractivity contribution in [3.8, 4) is 0 Å². The SMILES string of the molecule is C=CCC12C(=O)NC(=O)C1C1C=CC2(Cc2ccc(CC34C=CC(C3)C3C(=O)NC(=O)C34CC=C)cc2)C1. The Morgan fingerprint density at radius 3 is 1.47 bits per heavy atom. The van der Waals surface area contributed by atoms with Crippen LogP contribution in [0, 0.1) is 45.3 Å². The molecule has 6 nitrogen and oxygen atoms in total. The predicted octanol–water partition coefficient (Wildman–Crippen LogP) is 3.59. The van der Waals surface area contributed by atoms with Gasteiger partial charge in [0.15, 0.2) is 0 Å². The monoisotopic (exact) mass is 508 g/mol. The van der Waals surface area contributed by atoms with Crippen LogP contribution in [0.2, 0.25) is 0 Å². The Morgan fingerprint density at radius 2 is 1.11 bits per heavy atom. The van der Waals surface area contributed by atoms with Crippen LogP contribution in [0.25, 0.3) is 0 Å². The molecule has 38 heavy (non-hydrogen) atoms. The molecule has 2 aliphatic heterocycles. The molecule has 2 saturated heterocycles. The fourth-order valence-electron chi connectivity index (χ4n) is 9.75. The Labute approximate surface area is 222 Å². The van der Waals surface area contributed by atoms with Gasteiger partial charge in [0.05, 0.1) is 22.7 Å². The van der Waals surface area contributed by atoms with Gasteiger partial charge in [-0.3, -0.25) is 29.8 Å². The van der Waals surface area contributed by atoms with Gasteiger partial charge in [0.25, 0.3) is 0 Å². The van der Waals surface area contributed by atoms with Gasteiger partial charge in [0.1, 0.15) is 0 Å². The van der Waals surface area contributed by atoms with E-state index in [9.17, 15) is 19.2 Å². The second-order valence-corrected chi connectivity index (χ2v) is 12.5. The average Bonchev–Trinajstić information content (AvgIpc) is 3.68. The van der Waals surface area contributed by atoms with Crippen LogP contribution in [0.1, 0.15) is 36.8 Å². The lowest BCUT2D eigenvalue weighted by atomic mass is 9.57. The number of benzene rings is 1. The molecule has 4 amide bonds. The third-order valence-electron chi connectivity index (χ3n) is 11.1. The Morgan fingerprint density at radius 1 is 0.711 bits per heavy atom. The first-order valence-corrected chi connectivity index (χ1v) is 13.6. The highest BCUT2D eigenvalue weighted by Crippen LogP contribution is 2.70. The number of fused-ring (bicyclic) bond motifs is 10. The van der Waals surface area contributed by atoms with E-state index in [2.05, 4.69) is 72.4 Å². The number of nitrogens with one attached hydrogen (secondary N) is 2. The maximum Gasteiger partial charge on any atom is 0.234 e. The van der Waals surface area contributed by atoms with E-state index in [0.29, 0.717) is 25.7 Å². The van der Waals surface area contributed by atoms with E-state index in [1.54, 1.807) is 12.2 Å². The summed E-state index contributed by atoms with van der Waals surface area (Å²) in [6.07, 6.45) is 16.1. The third-order valence-corrected chi connectivity index (χ3v) is 11.1. The Hall–Kier alpha value is -3.54. The molecule has 194 valence electrons. The van der Waals surface area contributed by atoms with Crippen molar-refractivity contribution in [2.45, 2.75) is 38.5 Å². The topological polar surface area (TPSA) is 92.3 Å². The molecule has 2 N–H and O–H groups in total. The molecule has 2 heterocycles. The number of allylic oxidation sites excluding steroid dienone is 6. The number of carbonyl (C=O) groups is 4. The highest BCUT2D eigenvalue weighted by Gasteiger charge is 2.74. The Kier molecular flexibility index (Phi) is 4.67. The first kappa shape index (κ1) is 23.6. The summed E-state index contributed by atoms with van der Waals surface area (Å²) in [4.78, 5) is 51.9. The van der Waals surface area contributed by atoms with E-state index in [4.69, 9.17) is 0 Å². The lowest BCUT2D eigenvalue weighted by Crippen LogP contribution is -2.47. The minimum atomic E-state index is -0.773. The summed E-state index contributed by atoms with van der Waals surface area (Å²) in [7, 11) is 0. The zero-order valence-electron chi connectivity index (χ0n) is 21.4. The van der Waals surface area contributed by atoms with E-state index >= 15 is 0 Å². The van der Waals surface area contributed by atoms with E-state index in [-0.39, 0.29) is 47.3 Å². The number of hydrogen-bond acceptors (Lipinski definition) is 4. The molecule has 0 spiro atoms. The zero-order chi connectivity index (χ0) is 26.5. The van der Waals surface area contributed by atoms with E-state index in [1.165, 1.54) is 0 Å². The van der Waals surface area contributed by atoms with Crippen molar-refractivity contribution in [2.75, 3.05) is 0 Å². The van der Waals surface area contributed by atoms with Crippen LogP contribution in [-0.2, 0) is 32.0 Å². The highest BCUT2D eigenvalue weighted by atomic mass is 16.2. The molecule has 0 aromatic heterocycles. The molecule has 6 heteroatoms. The number of imide groups is 2. The van der Waals surface area contributed by atoms with Crippen LogP contribution < -0.4 is 10.6 Å². The molecule has 2 saturated carbocycles. The quantitative estimate of drug-likeness (QED) is 0.415. The van der Waals surface area contributed by atoms with Crippen molar-refractivity contribution < 1.29 is 19.2 Å². The van der Waals surface area contributed by atoms with Gasteiger partial charge in [-0.2, -0.15) is 0 Å². The molecule has 8 unspecified atom stereocenters. The van der Waals surface area contributed by atoms with Crippen molar-refractivity contribution in [2.24, 2.45) is 45.3 Å². The molecule has 4 fully saturated rings. The summed E-state index contributed by atoms with van der Waals surface area (Å²) < 4.78 is 0.